The van der Waals surface area contributed by atoms with Crippen LogP contribution < -0.4 is 5.32 Å². The van der Waals surface area contributed by atoms with Gasteiger partial charge in [0, 0.05) is 24.0 Å². The number of anilines is 1. The largest absolute Gasteiger partial charge is 0.361 e. The number of nitrogens with zero attached hydrogens (tertiary/aromatic N) is 5. The van der Waals surface area contributed by atoms with Gasteiger partial charge in [0.05, 0.1) is 5.54 Å². The van der Waals surface area contributed by atoms with Crippen molar-refractivity contribution in [2.45, 2.75) is 19.4 Å². The Morgan fingerprint density at radius 1 is 0.960 bits per heavy atom. The SMILES string of the molecule is CC(C)(Nc1cc(-c2nnc3ccncn23)ccn1)c1ccccc1. The minimum Gasteiger partial charge on any atom is -0.361 e. The van der Waals surface area contributed by atoms with Crippen LogP contribution in [0.3, 0.4) is 0 Å². The number of aromatic nitrogens is 5. The van der Waals surface area contributed by atoms with Crippen LogP contribution in [0.25, 0.3) is 17.0 Å². The van der Waals surface area contributed by atoms with Gasteiger partial charge in [0.15, 0.2) is 11.5 Å². The van der Waals surface area contributed by atoms with E-state index in [1.807, 2.05) is 40.8 Å². The molecule has 124 valence electrons. The van der Waals surface area contributed by atoms with E-state index in [2.05, 4.69) is 51.5 Å². The lowest BCUT2D eigenvalue weighted by molar-refractivity contribution is 0.606. The van der Waals surface area contributed by atoms with E-state index in [0.717, 1.165) is 22.9 Å². The minimum atomic E-state index is -0.249. The Morgan fingerprint density at radius 3 is 2.64 bits per heavy atom. The van der Waals surface area contributed by atoms with E-state index < -0.39 is 0 Å². The fourth-order valence-electron chi connectivity index (χ4n) is 2.83. The molecule has 3 aromatic heterocycles. The van der Waals surface area contributed by atoms with Gasteiger partial charge >= 0.3 is 0 Å². The van der Waals surface area contributed by atoms with Crippen molar-refractivity contribution in [3.63, 3.8) is 0 Å². The van der Waals surface area contributed by atoms with Crippen molar-refractivity contribution in [2.75, 3.05) is 5.32 Å². The Morgan fingerprint density at radius 2 is 1.80 bits per heavy atom. The molecule has 4 rings (SSSR count). The highest BCUT2D eigenvalue weighted by Gasteiger charge is 2.20. The van der Waals surface area contributed by atoms with Crippen molar-refractivity contribution in [1.29, 1.82) is 0 Å². The van der Waals surface area contributed by atoms with Crippen LogP contribution in [-0.2, 0) is 5.54 Å². The highest BCUT2D eigenvalue weighted by molar-refractivity contribution is 5.62. The summed E-state index contributed by atoms with van der Waals surface area (Å²) in [6.07, 6.45) is 5.19. The van der Waals surface area contributed by atoms with Gasteiger partial charge in [-0.3, -0.25) is 4.40 Å². The first-order valence-corrected chi connectivity index (χ1v) is 8.08. The molecule has 0 bridgehead atoms. The molecule has 3 heterocycles. The minimum absolute atomic E-state index is 0.249. The van der Waals surface area contributed by atoms with Crippen molar-refractivity contribution in [1.82, 2.24) is 24.6 Å². The van der Waals surface area contributed by atoms with E-state index in [0.29, 0.717) is 0 Å². The summed E-state index contributed by atoms with van der Waals surface area (Å²) in [5.74, 6) is 1.53. The Bertz CT molecular complexity index is 1010. The normalized spacial score (nSPS) is 11.6. The molecular formula is C19H18N6. The second-order valence-electron chi connectivity index (χ2n) is 6.38. The van der Waals surface area contributed by atoms with Crippen molar-refractivity contribution >= 4 is 11.5 Å². The van der Waals surface area contributed by atoms with Gasteiger partial charge in [-0.2, -0.15) is 0 Å². The smallest absolute Gasteiger partial charge is 0.169 e. The third-order valence-corrected chi connectivity index (χ3v) is 4.17. The van der Waals surface area contributed by atoms with Gasteiger partial charge in [-0.05, 0) is 31.5 Å². The van der Waals surface area contributed by atoms with E-state index in [1.54, 1.807) is 18.7 Å². The van der Waals surface area contributed by atoms with E-state index in [-0.39, 0.29) is 5.54 Å². The van der Waals surface area contributed by atoms with Gasteiger partial charge in [0.1, 0.15) is 12.1 Å². The molecule has 0 spiro atoms. The van der Waals surface area contributed by atoms with Crippen LogP contribution in [0, 0.1) is 0 Å². The van der Waals surface area contributed by atoms with E-state index in [4.69, 9.17) is 0 Å². The maximum Gasteiger partial charge on any atom is 0.169 e. The van der Waals surface area contributed by atoms with Crippen LogP contribution in [0.2, 0.25) is 0 Å². The van der Waals surface area contributed by atoms with Crippen molar-refractivity contribution in [3.05, 3.63) is 72.8 Å². The molecule has 0 radical (unpaired) electrons. The Kier molecular flexibility index (Phi) is 3.65. The molecule has 0 atom stereocenters. The zero-order valence-corrected chi connectivity index (χ0v) is 14.1. The van der Waals surface area contributed by atoms with Crippen LogP contribution in [0.15, 0.2) is 67.3 Å². The zero-order valence-electron chi connectivity index (χ0n) is 14.1. The predicted molar refractivity (Wildman–Crippen MR) is 97.1 cm³/mol. The van der Waals surface area contributed by atoms with Crippen LogP contribution in [0.4, 0.5) is 5.82 Å². The van der Waals surface area contributed by atoms with Crippen molar-refractivity contribution in [3.8, 4) is 11.4 Å². The topological polar surface area (TPSA) is 68.0 Å². The standard InChI is InChI=1S/C19H18N6/c1-19(2,15-6-4-3-5-7-15)22-16-12-14(8-11-21-16)18-24-23-17-9-10-20-13-25(17)18/h3-13H,1-2H3,(H,21,22). The molecule has 4 aromatic rings. The second kappa shape index (κ2) is 5.98. The monoisotopic (exact) mass is 330 g/mol. The number of nitrogens with one attached hydrogen (secondary N) is 1. The summed E-state index contributed by atoms with van der Waals surface area (Å²) in [6, 6.07) is 16.0. The fourth-order valence-corrected chi connectivity index (χ4v) is 2.83. The molecule has 25 heavy (non-hydrogen) atoms. The first-order chi connectivity index (χ1) is 12.1. The maximum atomic E-state index is 4.46. The maximum absolute atomic E-state index is 4.46. The summed E-state index contributed by atoms with van der Waals surface area (Å²) in [4.78, 5) is 8.60. The van der Waals surface area contributed by atoms with Gasteiger partial charge in [-0.15, -0.1) is 10.2 Å². The summed E-state index contributed by atoms with van der Waals surface area (Å²) >= 11 is 0. The molecule has 0 saturated heterocycles. The Labute approximate surface area is 145 Å². The number of pyridine rings is 1. The second-order valence-corrected chi connectivity index (χ2v) is 6.38. The fraction of sp³-hybridized carbons (Fsp3) is 0.158. The average molecular weight is 330 g/mol. The first-order valence-electron chi connectivity index (χ1n) is 8.08. The summed E-state index contributed by atoms with van der Waals surface area (Å²) < 4.78 is 1.86. The van der Waals surface area contributed by atoms with Gasteiger partial charge in [-0.25, -0.2) is 9.97 Å². The number of hydrogen-bond acceptors (Lipinski definition) is 5. The van der Waals surface area contributed by atoms with Gasteiger partial charge < -0.3 is 5.32 Å². The Hall–Kier alpha value is -3.28. The molecule has 0 saturated carbocycles. The van der Waals surface area contributed by atoms with Crippen LogP contribution in [-0.4, -0.2) is 24.6 Å². The number of fused-ring (bicyclic) bond motifs is 1. The number of rotatable bonds is 4. The molecule has 0 amide bonds. The quantitative estimate of drug-likeness (QED) is 0.620. The van der Waals surface area contributed by atoms with Gasteiger partial charge in [-0.1, -0.05) is 30.3 Å². The van der Waals surface area contributed by atoms with Crippen LogP contribution in [0.5, 0.6) is 0 Å². The summed E-state index contributed by atoms with van der Waals surface area (Å²) in [7, 11) is 0. The first kappa shape index (κ1) is 15.3. The van der Waals surface area contributed by atoms with E-state index >= 15 is 0 Å². The lowest BCUT2D eigenvalue weighted by Crippen LogP contribution is -2.28. The number of hydrogen-bond donors (Lipinski definition) is 1. The average Bonchev–Trinajstić information content (AvgIpc) is 3.06. The molecule has 0 aliphatic carbocycles. The van der Waals surface area contributed by atoms with E-state index in [9.17, 15) is 0 Å². The molecule has 6 heteroatoms. The van der Waals surface area contributed by atoms with E-state index in [1.165, 1.54) is 5.56 Å². The molecule has 1 aromatic carbocycles. The lowest BCUT2D eigenvalue weighted by Gasteiger charge is -2.27. The summed E-state index contributed by atoms with van der Waals surface area (Å²) in [6.45, 7) is 4.26. The van der Waals surface area contributed by atoms with Gasteiger partial charge in [0.2, 0.25) is 0 Å². The molecular weight excluding hydrogens is 312 g/mol. The van der Waals surface area contributed by atoms with Crippen LogP contribution in [0.1, 0.15) is 19.4 Å². The number of benzene rings is 1. The molecule has 1 N–H and O–H groups in total. The molecule has 0 aliphatic rings. The molecule has 6 nitrogen and oxygen atoms in total. The van der Waals surface area contributed by atoms with Crippen molar-refractivity contribution in [2.24, 2.45) is 0 Å². The predicted octanol–water partition coefficient (Wildman–Crippen LogP) is 3.53. The molecule has 0 aliphatic heterocycles. The molecule has 0 unspecified atom stereocenters. The van der Waals surface area contributed by atoms with Crippen LogP contribution >= 0.6 is 0 Å². The highest BCUT2D eigenvalue weighted by Crippen LogP contribution is 2.26. The summed E-state index contributed by atoms with van der Waals surface area (Å²) in [5, 5.41) is 12.0. The highest BCUT2D eigenvalue weighted by atomic mass is 15.3. The third-order valence-electron chi connectivity index (χ3n) is 4.17. The van der Waals surface area contributed by atoms with Gasteiger partial charge in [0.25, 0.3) is 0 Å². The Balaban J connectivity index is 1.68. The lowest BCUT2D eigenvalue weighted by atomic mass is 9.94. The summed E-state index contributed by atoms with van der Waals surface area (Å²) in [5.41, 5.74) is 2.64. The van der Waals surface area contributed by atoms with Crippen molar-refractivity contribution < 1.29 is 0 Å². The zero-order chi connectivity index (χ0) is 17.3. The third kappa shape index (κ3) is 2.94. The molecule has 0 fully saturated rings.